The molecule has 37 heavy (non-hydrogen) atoms. The predicted molar refractivity (Wildman–Crippen MR) is 127 cm³/mol. The van der Waals surface area contributed by atoms with E-state index in [1.807, 2.05) is 66.7 Å². The van der Waals surface area contributed by atoms with E-state index in [4.69, 9.17) is 4.98 Å². The number of nitrogens with one attached hydrogen (secondary N) is 2. The number of imidazole rings is 2. The minimum atomic E-state index is -1.52. The van der Waals surface area contributed by atoms with Gasteiger partial charge in [0, 0.05) is 0 Å². The zero-order valence-electron chi connectivity index (χ0n) is 18.9. The molecule has 0 atom stereocenters. The van der Waals surface area contributed by atoms with Crippen LogP contribution >= 0.6 is 0 Å². The second kappa shape index (κ2) is 10.9. The number of rotatable bonds is 4. The second-order valence-corrected chi connectivity index (χ2v) is 7.60. The van der Waals surface area contributed by atoms with E-state index in [0.717, 1.165) is 57.2 Å². The van der Waals surface area contributed by atoms with Gasteiger partial charge in [0.15, 0.2) is 11.6 Å². The third kappa shape index (κ3) is 5.57. The SMILES string of the molecule is O=C([O-])c1cccc(C(=O)[O-])n1.[Ru+2].c1cc(-c2nc3ccccc3[nH]2)nc(-c2nc3ccccc3[nH]2)c1. The molecule has 4 aromatic heterocycles. The number of carbonyl (C=O) groups excluding carboxylic acids is 2. The third-order valence-corrected chi connectivity index (χ3v) is 5.18. The quantitative estimate of drug-likeness (QED) is 0.301. The summed E-state index contributed by atoms with van der Waals surface area (Å²) in [6.07, 6.45) is 0. The molecule has 11 heteroatoms. The Kier molecular flexibility index (Phi) is 7.45. The predicted octanol–water partition coefficient (Wildman–Crippen LogP) is 1.97. The molecule has 4 heterocycles. The number of para-hydroxylation sites is 4. The zero-order chi connectivity index (χ0) is 25.1. The smallest absolute Gasteiger partial charge is 0.543 e. The van der Waals surface area contributed by atoms with Gasteiger partial charge in [-0.1, -0.05) is 36.4 Å². The molecule has 0 amide bonds. The maximum Gasteiger partial charge on any atom is 2.00 e. The molecule has 2 N–H and O–H groups in total. The summed E-state index contributed by atoms with van der Waals surface area (Å²) < 4.78 is 0. The number of benzene rings is 2. The number of pyridine rings is 2. The van der Waals surface area contributed by atoms with Crippen molar-refractivity contribution in [3.05, 3.63) is 96.3 Å². The van der Waals surface area contributed by atoms with Crippen LogP contribution in [0.1, 0.15) is 21.0 Å². The van der Waals surface area contributed by atoms with Crippen LogP contribution in [0.5, 0.6) is 0 Å². The summed E-state index contributed by atoms with van der Waals surface area (Å²) in [6, 6.07) is 25.3. The first-order valence-corrected chi connectivity index (χ1v) is 10.7. The number of nitrogens with zero attached hydrogens (tertiary/aromatic N) is 4. The summed E-state index contributed by atoms with van der Waals surface area (Å²) >= 11 is 0. The average Bonchev–Trinajstić information content (AvgIpc) is 3.54. The number of carboxylic acid groups (broad SMARTS) is 2. The van der Waals surface area contributed by atoms with Crippen molar-refractivity contribution < 1.29 is 39.3 Å². The number of aromatic nitrogens is 6. The number of H-pyrrole nitrogens is 2. The van der Waals surface area contributed by atoms with E-state index in [-0.39, 0.29) is 19.5 Å². The zero-order valence-corrected chi connectivity index (χ0v) is 20.6. The number of hydrogen-bond donors (Lipinski definition) is 2. The van der Waals surface area contributed by atoms with Gasteiger partial charge in [0.1, 0.15) is 11.4 Å². The van der Waals surface area contributed by atoms with Crippen LogP contribution in [0.3, 0.4) is 0 Å². The van der Waals surface area contributed by atoms with Crippen LogP contribution < -0.4 is 10.2 Å². The summed E-state index contributed by atoms with van der Waals surface area (Å²) in [4.78, 5) is 44.2. The Hall–Kier alpha value is -4.76. The van der Waals surface area contributed by atoms with E-state index in [1.54, 1.807) is 0 Å². The van der Waals surface area contributed by atoms with Gasteiger partial charge < -0.3 is 29.8 Å². The van der Waals surface area contributed by atoms with Gasteiger partial charge in [-0.15, -0.1) is 0 Å². The van der Waals surface area contributed by atoms with Crippen LogP contribution in [0.15, 0.2) is 84.9 Å². The van der Waals surface area contributed by atoms with Crippen molar-refractivity contribution in [2.75, 3.05) is 0 Å². The number of hydrogen-bond acceptors (Lipinski definition) is 8. The van der Waals surface area contributed by atoms with Crippen molar-refractivity contribution in [3.63, 3.8) is 0 Å². The monoisotopic (exact) mass is 578 g/mol. The minimum Gasteiger partial charge on any atom is -0.543 e. The first-order chi connectivity index (χ1) is 17.5. The van der Waals surface area contributed by atoms with Crippen LogP contribution in [0.4, 0.5) is 0 Å². The molecule has 0 saturated heterocycles. The fourth-order valence-electron chi connectivity index (χ4n) is 3.51. The molecule has 0 aliphatic heterocycles. The van der Waals surface area contributed by atoms with E-state index in [1.165, 1.54) is 6.07 Å². The van der Waals surface area contributed by atoms with Crippen molar-refractivity contribution in [3.8, 4) is 23.0 Å². The summed E-state index contributed by atoms with van der Waals surface area (Å²) in [5, 5.41) is 20.4. The van der Waals surface area contributed by atoms with E-state index in [0.29, 0.717) is 0 Å². The Labute approximate surface area is 222 Å². The van der Waals surface area contributed by atoms with Crippen molar-refractivity contribution in [1.29, 1.82) is 0 Å². The maximum absolute atomic E-state index is 10.2. The van der Waals surface area contributed by atoms with Gasteiger partial charge in [0.2, 0.25) is 0 Å². The molecule has 6 rings (SSSR count). The largest absolute Gasteiger partial charge is 2.00 e. The van der Waals surface area contributed by atoms with Crippen molar-refractivity contribution >= 4 is 34.0 Å². The van der Waals surface area contributed by atoms with Gasteiger partial charge in [-0.3, -0.25) is 0 Å². The summed E-state index contributed by atoms with van der Waals surface area (Å²) in [5.41, 5.74) is 4.63. The first-order valence-electron chi connectivity index (χ1n) is 10.7. The standard InChI is InChI=1S/C19H13N5.C7H5NO4.Ru/c1-2-7-13-12(6-1)21-18(22-13)16-10-5-11-17(20-16)19-23-14-8-3-4-9-15(14)24-19;9-6(10)4-2-1-3-5(8-4)7(11)12;/h1-11H,(H,21,22)(H,23,24);1-3H,(H,9,10)(H,11,12);/q;;+2/p-2. The molecule has 6 aromatic rings. The van der Waals surface area contributed by atoms with Crippen molar-refractivity contribution in [1.82, 2.24) is 29.9 Å². The summed E-state index contributed by atoms with van der Waals surface area (Å²) in [6.45, 7) is 0. The number of carboxylic acids is 2. The number of aromatic carboxylic acids is 2. The average molecular weight is 578 g/mol. The van der Waals surface area contributed by atoms with E-state index < -0.39 is 23.3 Å². The molecular weight excluding hydrogens is 561 g/mol. The number of aromatic amines is 2. The Morgan fingerprint density at radius 3 is 1.41 bits per heavy atom. The summed E-state index contributed by atoms with van der Waals surface area (Å²) in [7, 11) is 0. The van der Waals surface area contributed by atoms with E-state index >= 15 is 0 Å². The van der Waals surface area contributed by atoms with Crippen LogP contribution in [0.25, 0.3) is 45.1 Å². The van der Waals surface area contributed by atoms with Gasteiger partial charge in [-0.05, 0) is 48.5 Å². The van der Waals surface area contributed by atoms with E-state index in [9.17, 15) is 19.8 Å². The van der Waals surface area contributed by atoms with Crippen LogP contribution in [0, 0.1) is 0 Å². The van der Waals surface area contributed by atoms with Crippen molar-refractivity contribution in [2.24, 2.45) is 0 Å². The van der Waals surface area contributed by atoms with Gasteiger partial charge in [0.05, 0.1) is 45.4 Å². The Balaban J connectivity index is 0.000000211. The molecule has 0 fully saturated rings. The van der Waals surface area contributed by atoms with Crippen molar-refractivity contribution in [2.45, 2.75) is 0 Å². The first kappa shape index (κ1) is 25.3. The van der Waals surface area contributed by atoms with Crippen LogP contribution in [0.2, 0.25) is 0 Å². The fraction of sp³-hybridized carbons (Fsp3) is 0. The normalized spacial score (nSPS) is 10.4. The molecule has 0 spiro atoms. The van der Waals surface area contributed by atoms with Crippen LogP contribution in [-0.4, -0.2) is 41.8 Å². The van der Waals surface area contributed by atoms with Gasteiger partial charge in [-0.2, -0.15) is 0 Å². The Morgan fingerprint density at radius 1 is 0.541 bits per heavy atom. The van der Waals surface area contributed by atoms with Crippen LogP contribution in [-0.2, 0) is 19.5 Å². The second-order valence-electron chi connectivity index (χ2n) is 7.60. The molecule has 0 aliphatic carbocycles. The molecular formula is C26H16N6O4Ru. The molecule has 0 bridgehead atoms. The van der Waals surface area contributed by atoms with Gasteiger partial charge in [0.25, 0.3) is 0 Å². The third-order valence-electron chi connectivity index (χ3n) is 5.18. The Bertz CT molecular complexity index is 1540. The molecule has 10 nitrogen and oxygen atoms in total. The molecule has 0 unspecified atom stereocenters. The van der Waals surface area contributed by atoms with Gasteiger partial charge >= 0.3 is 19.5 Å². The number of carbonyl (C=O) groups is 2. The molecule has 182 valence electrons. The van der Waals surface area contributed by atoms with Gasteiger partial charge in [-0.25, -0.2) is 19.9 Å². The molecule has 0 saturated carbocycles. The molecule has 0 aliphatic rings. The maximum atomic E-state index is 10.2. The molecule has 0 radical (unpaired) electrons. The fourth-order valence-corrected chi connectivity index (χ4v) is 3.51. The minimum absolute atomic E-state index is 0. The molecule has 2 aromatic carbocycles. The Morgan fingerprint density at radius 2 is 0.973 bits per heavy atom. The summed E-state index contributed by atoms with van der Waals surface area (Å²) in [5.74, 6) is -1.51. The number of fused-ring (bicyclic) bond motifs is 2. The van der Waals surface area contributed by atoms with E-state index in [2.05, 4.69) is 24.9 Å². The topological polar surface area (TPSA) is 163 Å².